The summed E-state index contributed by atoms with van der Waals surface area (Å²) in [7, 11) is 0. The van der Waals surface area contributed by atoms with Gasteiger partial charge >= 0.3 is 0 Å². The van der Waals surface area contributed by atoms with Crippen LogP contribution in [0.4, 0.5) is 11.4 Å². The van der Waals surface area contributed by atoms with Crippen LogP contribution in [0.3, 0.4) is 0 Å². The van der Waals surface area contributed by atoms with E-state index in [1.54, 1.807) is 0 Å². The van der Waals surface area contributed by atoms with Gasteiger partial charge in [0, 0.05) is 29.6 Å². The Labute approximate surface area is 172 Å². The van der Waals surface area contributed by atoms with E-state index in [1.807, 2.05) is 36.4 Å². The van der Waals surface area contributed by atoms with E-state index in [-0.39, 0.29) is 12.4 Å². The highest BCUT2D eigenvalue weighted by Gasteiger charge is 2.21. The van der Waals surface area contributed by atoms with Crippen LogP contribution in [0, 0.1) is 0 Å². The van der Waals surface area contributed by atoms with E-state index in [0.717, 1.165) is 24.2 Å². The summed E-state index contributed by atoms with van der Waals surface area (Å²) in [6, 6.07) is 31.2. The fourth-order valence-electron chi connectivity index (χ4n) is 3.40. The molecule has 4 rings (SSSR count). The second kappa shape index (κ2) is 9.72. The fraction of sp³-hybridized carbons (Fsp3) is 0.0800. The minimum atomic E-state index is 0. The monoisotopic (exact) mass is 386 g/mol. The van der Waals surface area contributed by atoms with Gasteiger partial charge in [0.2, 0.25) is 5.69 Å². The standard InChI is InChI=1S/C25H22N2.ClH/c1-4-10-20(11-5-1)25-21(18-26-23-12-6-2-7-13-23)16-17-22(25)19-27-24-14-8-3-9-15-24;/h1-15,18-19,26H,16-17H2;1H. The summed E-state index contributed by atoms with van der Waals surface area (Å²) in [5, 5.41) is 3.45. The molecule has 0 saturated heterocycles. The van der Waals surface area contributed by atoms with Crippen molar-refractivity contribution in [3.05, 3.63) is 114 Å². The quantitative estimate of drug-likeness (QED) is 0.641. The Kier molecular flexibility index (Phi) is 6.83. The molecule has 2 N–H and O–H groups in total. The normalized spacial score (nSPS) is 15.1. The van der Waals surface area contributed by atoms with E-state index < -0.39 is 0 Å². The first kappa shape index (κ1) is 19.7. The van der Waals surface area contributed by atoms with Gasteiger partial charge in [0.05, 0.1) is 0 Å². The number of benzene rings is 3. The number of hydrogen-bond acceptors (Lipinski definition) is 1. The Bertz CT molecular complexity index is 975. The van der Waals surface area contributed by atoms with E-state index in [2.05, 4.69) is 77.3 Å². The van der Waals surface area contributed by atoms with Gasteiger partial charge < -0.3 is 17.7 Å². The largest absolute Gasteiger partial charge is 1.00 e. The molecule has 0 radical (unpaired) electrons. The molecule has 3 aromatic carbocycles. The van der Waals surface area contributed by atoms with Crippen molar-refractivity contribution in [1.29, 1.82) is 0 Å². The van der Waals surface area contributed by atoms with Gasteiger partial charge in [-0.1, -0.05) is 66.7 Å². The lowest BCUT2D eigenvalue weighted by atomic mass is 9.99. The topological polar surface area (TPSA) is 26.0 Å². The zero-order valence-corrected chi connectivity index (χ0v) is 16.4. The van der Waals surface area contributed by atoms with Gasteiger partial charge in [0.1, 0.15) is 0 Å². The maximum atomic E-state index is 3.45. The molecule has 0 spiro atoms. The molecular weight excluding hydrogens is 364 g/mol. The molecule has 3 aromatic rings. The van der Waals surface area contributed by atoms with Crippen LogP contribution < -0.4 is 22.7 Å². The van der Waals surface area contributed by atoms with Crippen LogP contribution in [-0.2, 0) is 0 Å². The van der Waals surface area contributed by atoms with E-state index in [4.69, 9.17) is 0 Å². The van der Waals surface area contributed by atoms with E-state index in [9.17, 15) is 0 Å². The van der Waals surface area contributed by atoms with Gasteiger partial charge in [-0.15, -0.1) is 0 Å². The van der Waals surface area contributed by atoms with Gasteiger partial charge in [0.15, 0.2) is 6.21 Å². The van der Waals surface area contributed by atoms with Crippen LogP contribution in [0.25, 0.3) is 5.57 Å². The first-order chi connectivity index (χ1) is 13.4. The van der Waals surface area contributed by atoms with E-state index in [1.165, 1.54) is 22.3 Å². The summed E-state index contributed by atoms with van der Waals surface area (Å²) >= 11 is 0. The Hall–Kier alpha value is -3.10. The SMILES string of the molecule is C(=[NH+]c1ccccc1)C1=C(c2ccccc2)C(=CNc2ccccc2)CC1.[Cl-]. The Balaban J connectivity index is 0.00000225. The summed E-state index contributed by atoms with van der Waals surface area (Å²) in [5.74, 6) is 0. The maximum absolute atomic E-state index is 3.45. The maximum Gasteiger partial charge on any atom is 0.203 e. The van der Waals surface area contributed by atoms with Gasteiger partial charge in [-0.3, -0.25) is 0 Å². The highest BCUT2D eigenvalue weighted by Crippen LogP contribution is 2.37. The van der Waals surface area contributed by atoms with E-state index >= 15 is 0 Å². The molecule has 0 bridgehead atoms. The van der Waals surface area contributed by atoms with Gasteiger partial charge in [-0.25, -0.2) is 4.99 Å². The van der Waals surface area contributed by atoms with Gasteiger partial charge in [-0.2, -0.15) is 0 Å². The number of hydrogen-bond donors (Lipinski definition) is 2. The molecule has 0 amide bonds. The summed E-state index contributed by atoms with van der Waals surface area (Å²) in [5.41, 5.74) is 7.48. The summed E-state index contributed by atoms with van der Waals surface area (Å²) in [4.78, 5) is 3.45. The molecule has 1 aliphatic carbocycles. The third kappa shape index (κ3) is 4.79. The number of halogens is 1. The third-order valence-corrected chi connectivity index (χ3v) is 4.74. The zero-order chi connectivity index (χ0) is 18.3. The van der Waals surface area contributed by atoms with Crippen molar-refractivity contribution >= 4 is 23.2 Å². The van der Waals surface area contributed by atoms with Crippen LogP contribution in [0.15, 0.2) is 108 Å². The molecule has 1 aliphatic rings. The second-order valence-electron chi connectivity index (χ2n) is 6.60. The van der Waals surface area contributed by atoms with Crippen LogP contribution >= 0.6 is 0 Å². The van der Waals surface area contributed by atoms with Crippen molar-refractivity contribution < 1.29 is 17.4 Å². The Morgan fingerprint density at radius 1 is 0.714 bits per heavy atom. The highest BCUT2D eigenvalue weighted by atomic mass is 35.5. The molecule has 140 valence electrons. The Morgan fingerprint density at radius 3 is 2.00 bits per heavy atom. The highest BCUT2D eigenvalue weighted by molar-refractivity contribution is 5.97. The van der Waals surface area contributed by atoms with Crippen molar-refractivity contribution in [2.24, 2.45) is 0 Å². The van der Waals surface area contributed by atoms with Gasteiger partial charge in [-0.05, 0) is 41.7 Å². The lowest BCUT2D eigenvalue weighted by molar-refractivity contribution is -0.347. The van der Waals surface area contributed by atoms with Crippen molar-refractivity contribution in [1.82, 2.24) is 0 Å². The molecule has 0 atom stereocenters. The first-order valence-corrected chi connectivity index (χ1v) is 9.34. The summed E-state index contributed by atoms with van der Waals surface area (Å²) in [6.07, 6.45) is 6.38. The smallest absolute Gasteiger partial charge is 0.203 e. The van der Waals surface area contributed by atoms with Crippen molar-refractivity contribution in [2.75, 3.05) is 5.32 Å². The number of allylic oxidation sites excluding steroid dienone is 3. The first-order valence-electron chi connectivity index (χ1n) is 9.34. The van der Waals surface area contributed by atoms with Crippen LogP contribution in [0.2, 0.25) is 0 Å². The molecule has 0 saturated carbocycles. The Morgan fingerprint density at radius 2 is 1.32 bits per heavy atom. The lowest BCUT2D eigenvalue weighted by Crippen LogP contribution is -3.00. The van der Waals surface area contributed by atoms with E-state index in [0.29, 0.717) is 0 Å². The van der Waals surface area contributed by atoms with Crippen LogP contribution in [0.5, 0.6) is 0 Å². The second-order valence-corrected chi connectivity index (χ2v) is 6.60. The number of rotatable bonds is 5. The molecule has 0 aromatic heterocycles. The minimum Gasteiger partial charge on any atom is -1.00 e. The minimum absolute atomic E-state index is 0. The predicted octanol–water partition coefficient (Wildman–Crippen LogP) is 1.72. The number of anilines is 1. The summed E-state index contributed by atoms with van der Waals surface area (Å²) in [6.45, 7) is 0. The zero-order valence-electron chi connectivity index (χ0n) is 15.6. The fourth-order valence-corrected chi connectivity index (χ4v) is 3.40. The molecule has 0 heterocycles. The molecule has 0 fully saturated rings. The molecule has 28 heavy (non-hydrogen) atoms. The number of para-hydroxylation sites is 2. The van der Waals surface area contributed by atoms with Crippen molar-refractivity contribution in [2.45, 2.75) is 12.8 Å². The predicted molar refractivity (Wildman–Crippen MR) is 114 cm³/mol. The summed E-state index contributed by atoms with van der Waals surface area (Å²) < 4.78 is 0. The van der Waals surface area contributed by atoms with Crippen LogP contribution in [-0.4, -0.2) is 6.21 Å². The molecule has 0 unspecified atom stereocenters. The molecular formula is C25H23ClN2. The number of nitrogens with one attached hydrogen (secondary N) is 2. The molecule has 2 nitrogen and oxygen atoms in total. The molecule has 0 aliphatic heterocycles. The van der Waals surface area contributed by atoms with Crippen molar-refractivity contribution in [3.63, 3.8) is 0 Å². The van der Waals surface area contributed by atoms with Crippen molar-refractivity contribution in [3.8, 4) is 0 Å². The third-order valence-electron chi connectivity index (χ3n) is 4.74. The average molecular weight is 387 g/mol. The van der Waals surface area contributed by atoms with Crippen LogP contribution in [0.1, 0.15) is 18.4 Å². The van der Waals surface area contributed by atoms with Gasteiger partial charge in [0.25, 0.3) is 0 Å². The average Bonchev–Trinajstić information content (AvgIpc) is 3.16. The molecule has 3 heteroatoms. The lowest BCUT2D eigenvalue weighted by Gasteiger charge is -2.08.